The Balaban J connectivity index is 2.64. The number of halogens is 3. The van der Waals surface area contributed by atoms with E-state index in [9.17, 15) is 4.39 Å². The second kappa shape index (κ2) is 4.45. The molecule has 0 unspecified atom stereocenters. The molecule has 15 heavy (non-hydrogen) atoms. The van der Waals surface area contributed by atoms with Gasteiger partial charge in [0.05, 0.1) is 0 Å². The fraction of sp³-hybridized carbons (Fsp3) is 0. The maximum absolute atomic E-state index is 13.1. The van der Waals surface area contributed by atoms with E-state index in [0.717, 1.165) is 20.1 Å². The van der Waals surface area contributed by atoms with Gasteiger partial charge in [0.25, 0.3) is 0 Å². The lowest BCUT2D eigenvalue weighted by Gasteiger charge is -2.06. The van der Waals surface area contributed by atoms with Crippen LogP contribution in [0.25, 0.3) is 11.1 Å². The third kappa shape index (κ3) is 2.29. The Kier molecular flexibility index (Phi) is 3.22. The average molecular weight is 330 g/mol. The van der Waals surface area contributed by atoms with E-state index in [1.807, 2.05) is 24.3 Å². The minimum absolute atomic E-state index is 0.232. The van der Waals surface area contributed by atoms with Gasteiger partial charge in [0, 0.05) is 8.95 Å². The van der Waals surface area contributed by atoms with Crippen LogP contribution in [0, 0.1) is 5.82 Å². The molecule has 2 rings (SSSR count). The molecule has 0 heterocycles. The van der Waals surface area contributed by atoms with Crippen molar-refractivity contribution in [3.05, 3.63) is 57.2 Å². The molecule has 0 nitrogen and oxygen atoms in total. The lowest BCUT2D eigenvalue weighted by molar-refractivity contribution is 0.628. The second-order valence-electron chi connectivity index (χ2n) is 3.10. The van der Waals surface area contributed by atoms with Gasteiger partial charge in [0.1, 0.15) is 5.82 Å². The first-order chi connectivity index (χ1) is 7.18. The summed E-state index contributed by atoms with van der Waals surface area (Å²) in [6.45, 7) is 0. The van der Waals surface area contributed by atoms with Crippen molar-refractivity contribution >= 4 is 31.9 Å². The monoisotopic (exact) mass is 328 g/mol. The molecule has 0 spiro atoms. The Bertz CT molecular complexity index is 495. The van der Waals surface area contributed by atoms with Crippen LogP contribution in [-0.4, -0.2) is 0 Å². The maximum Gasteiger partial charge on any atom is 0.123 e. The van der Waals surface area contributed by atoms with Crippen molar-refractivity contribution in [1.82, 2.24) is 0 Å². The normalized spacial score (nSPS) is 10.3. The smallest absolute Gasteiger partial charge is 0.123 e. The minimum Gasteiger partial charge on any atom is -0.207 e. The standard InChI is InChI=1S/C12H7Br2F/c13-11-4-2-1-3-9(11)10-7-8(15)5-6-12(10)14/h1-7H. The first-order valence-electron chi connectivity index (χ1n) is 4.38. The van der Waals surface area contributed by atoms with Crippen molar-refractivity contribution in [2.75, 3.05) is 0 Å². The molecule has 0 aliphatic rings. The van der Waals surface area contributed by atoms with Crippen molar-refractivity contribution in [3.63, 3.8) is 0 Å². The largest absolute Gasteiger partial charge is 0.207 e. The van der Waals surface area contributed by atoms with Gasteiger partial charge in [0.2, 0.25) is 0 Å². The highest BCUT2D eigenvalue weighted by Gasteiger charge is 2.07. The lowest BCUT2D eigenvalue weighted by Crippen LogP contribution is -1.83. The number of hydrogen-bond donors (Lipinski definition) is 0. The summed E-state index contributed by atoms with van der Waals surface area (Å²) in [5.74, 6) is -0.232. The summed E-state index contributed by atoms with van der Waals surface area (Å²) < 4.78 is 15.0. The predicted octanol–water partition coefficient (Wildman–Crippen LogP) is 5.02. The SMILES string of the molecule is Fc1ccc(Br)c(-c2ccccc2Br)c1. The summed E-state index contributed by atoms with van der Waals surface area (Å²) in [6.07, 6.45) is 0. The highest BCUT2D eigenvalue weighted by molar-refractivity contribution is 9.11. The van der Waals surface area contributed by atoms with Gasteiger partial charge in [-0.25, -0.2) is 4.39 Å². The van der Waals surface area contributed by atoms with Gasteiger partial charge in [-0.1, -0.05) is 50.1 Å². The summed E-state index contributed by atoms with van der Waals surface area (Å²) in [4.78, 5) is 0. The number of rotatable bonds is 1. The summed E-state index contributed by atoms with van der Waals surface area (Å²) in [5.41, 5.74) is 1.83. The summed E-state index contributed by atoms with van der Waals surface area (Å²) in [7, 11) is 0. The number of benzene rings is 2. The van der Waals surface area contributed by atoms with Crippen molar-refractivity contribution in [2.24, 2.45) is 0 Å². The highest BCUT2D eigenvalue weighted by atomic mass is 79.9. The Labute approximate surface area is 104 Å². The van der Waals surface area contributed by atoms with Crippen LogP contribution in [0.1, 0.15) is 0 Å². The zero-order valence-corrected chi connectivity index (χ0v) is 10.8. The topological polar surface area (TPSA) is 0 Å². The van der Waals surface area contributed by atoms with E-state index in [4.69, 9.17) is 0 Å². The maximum atomic E-state index is 13.1. The third-order valence-corrected chi connectivity index (χ3v) is 3.48. The van der Waals surface area contributed by atoms with Crippen LogP contribution in [0.3, 0.4) is 0 Å². The molecule has 0 N–H and O–H groups in total. The highest BCUT2D eigenvalue weighted by Crippen LogP contribution is 2.33. The average Bonchev–Trinajstić information content (AvgIpc) is 2.23. The van der Waals surface area contributed by atoms with Crippen LogP contribution < -0.4 is 0 Å². The molecule has 0 saturated heterocycles. The molecule has 2 aromatic carbocycles. The van der Waals surface area contributed by atoms with Crippen LogP contribution in [0.15, 0.2) is 51.4 Å². The van der Waals surface area contributed by atoms with E-state index >= 15 is 0 Å². The molecular formula is C12H7Br2F. The molecule has 0 aliphatic carbocycles. The van der Waals surface area contributed by atoms with Crippen LogP contribution in [-0.2, 0) is 0 Å². The first-order valence-corrected chi connectivity index (χ1v) is 5.97. The quantitative estimate of drug-likeness (QED) is 0.689. The van der Waals surface area contributed by atoms with Gasteiger partial charge < -0.3 is 0 Å². The predicted molar refractivity (Wildman–Crippen MR) is 67.2 cm³/mol. The van der Waals surface area contributed by atoms with Gasteiger partial charge in [-0.15, -0.1) is 0 Å². The van der Waals surface area contributed by atoms with Crippen molar-refractivity contribution in [2.45, 2.75) is 0 Å². The molecule has 2 aromatic rings. The zero-order valence-electron chi connectivity index (χ0n) is 7.68. The Morgan fingerprint density at radius 3 is 2.20 bits per heavy atom. The second-order valence-corrected chi connectivity index (χ2v) is 4.81. The van der Waals surface area contributed by atoms with Gasteiger partial charge >= 0.3 is 0 Å². The van der Waals surface area contributed by atoms with E-state index in [-0.39, 0.29) is 5.82 Å². The van der Waals surface area contributed by atoms with Crippen LogP contribution in [0.5, 0.6) is 0 Å². The molecule has 0 atom stereocenters. The fourth-order valence-corrected chi connectivity index (χ4v) is 2.34. The molecule has 76 valence electrons. The van der Waals surface area contributed by atoms with Crippen LogP contribution in [0.4, 0.5) is 4.39 Å². The molecular weight excluding hydrogens is 323 g/mol. The summed E-state index contributed by atoms with van der Waals surface area (Å²) >= 11 is 6.86. The molecule has 0 bridgehead atoms. The molecule has 0 fully saturated rings. The third-order valence-electron chi connectivity index (χ3n) is 2.09. The van der Waals surface area contributed by atoms with E-state index in [2.05, 4.69) is 31.9 Å². The summed E-state index contributed by atoms with van der Waals surface area (Å²) in [5, 5.41) is 0. The first kappa shape index (κ1) is 10.8. The van der Waals surface area contributed by atoms with E-state index < -0.39 is 0 Å². The molecule has 0 radical (unpaired) electrons. The minimum atomic E-state index is -0.232. The number of hydrogen-bond acceptors (Lipinski definition) is 0. The molecule has 0 aromatic heterocycles. The van der Waals surface area contributed by atoms with Gasteiger partial charge in [0.15, 0.2) is 0 Å². The molecule has 0 aliphatic heterocycles. The van der Waals surface area contributed by atoms with Crippen molar-refractivity contribution in [3.8, 4) is 11.1 Å². The van der Waals surface area contributed by atoms with Crippen LogP contribution in [0.2, 0.25) is 0 Å². The Hall–Kier alpha value is -0.670. The fourth-order valence-electron chi connectivity index (χ4n) is 1.38. The lowest BCUT2D eigenvalue weighted by atomic mass is 10.1. The Morgan fingerprint density at radius 2 is 1.47 bits per heavy atom. The summed E-state index contributed by atoms with van der Waals surface area (Å²) in [6, 6.07) is 12.4. The van der Waals surface area contributed by atoms with E-state index in [1.54, 1.807) is 6.07 Å². The molecule has 3 heteroatoms. The molecule has 0 saturated carbocycles. The van der Waals surface area contributed by atoms with Gasteiger partial charge in [-0.2, -0.15) is 0 Å². The Morgan fingerprint density at radius 1 is 0.800 bits per heavy atom. The van der Waals surface area contributed by atoms with Crippen LogP contribution >= 0.6 is 31.9 Å². The van der Waals surface area contributed by atoms with Crippen molar-refractivity contribution < 1.29 is 4.39 Å². The van der Waals surface area contributed by atoms with E-state index in [1.165, 1.54) is 12.1 Å². The van der Waals surface area contributed by atoms with Gasteiger partial charge in [-0.05, 0) is 35.4 Å². The van der Waals surface area contributed by atoms with Crippen molar-refractivity contribution in [1.29, 1.82) is 0 Å². The van der Waals surface area contributed by atoms with Gasteiger partial charge in [-0.3, -0.25) is 0 Å². The molecule has 0 amide bonds. The zero-order chi connectivity index (χ0) is 10.8. The van der Waals surface area contributed by atoms with E-state index in [0.29, 0.717) is 0 Å².